The SMILES string of the molecule is COc1ccc(C(O)Cc2sccc2Br)cc1. The van der Waals surface area contributed by atoms with Gasteiger partial charge in [0.2, 0.25) is 0 Å². The molecule has 1 unspecified atom stereocenters. The molecule has 0 aliphatic rings. The Kier molecular flexibility index (Phi) is 4.20. The molecular formula is C13H13BrO2S. The minimum Gasteiger partial charge on any atom is -0.497 e. The van der Waals surface area contributed by atoms with Gasteiger partial charge in [-0.3, -0.25) is 0 Å². The van der Waals surface area contributed by atoms with Gasteiger partial charge in [-0.05, 0) is 45.1 Å². The normalized spacial score (nSPS) is 12.4. The fourth-order valence-electron chi connectivity index (χ4n) is 1.59. The Morgan fingerprint density at radius 2 is 2.00 bits per heavy atom. The third-order valence-corrected chi connectivity index (χ3v) is 4.52. The molecule has 1 atom stereocenters. The Balaban J connectivity index is 2.09. The monoisotopic (exact) mass is 312 g/mol. The van der Waals surface area contributed by atoms with E-state index in [0.29, 0.717) is 6.42 Å². The third kappa shape index (κ3) is 3.09. The molecule has 2 aromatic rings. The van der Waals surface area contributed by atoms with Gasteiger partial charge in [-0.25, -0.2) is 0 Å². The second-order valence-corrected chi connectivity index (χ2v) is 5.54. The molecule has 0 spiro atoms. The van der Waals surface area contributed by atoms with E-state index >= 15 is 0 Å². The number of aliphatic hydroxyl groups is 1. The Labute approximate surface area is 113 Å². The maximum atomic E-state index is 10.1. The van der Waals surface area contributed by atoms with Crippen LogP contribution < -0.4 is 4.74 Å². The molecule has 4 heteroatoms. The molecule has 0 aliphatic heterocycles. The lowest BCUT2D eigenvalue weighted by molar-refractivity contribution is 0.179. The number of hydrogen-bond donors (Lipinski definition) is 1. The molecule has 0 radical (unpaired) electrons. The lowest BCUT2D eigenvalue weighted by atomic mass is 10.1. The van der Waals surface area contributed by atoms with Crippen LogP contribution in [0.3, 0.4) is 0 Å². The summed E-state index contributed by atoms with van der Waals surface area (Å²) >= 11 is 5.12. The highest BCUT2D eigenvalue weighted by Crippen LogP contribution is 2.28. The average molecular weight is 313 g/mol. The Morgan fingerprint density at radius 1 is 1.29 bits per heavy atom. The molecule has 0 saturated carbocycles. The number of aliphatic hydroxyl groups excluding tert-OH is 1. The molecule has 0 aliphatic carbocycles. The van der Waals surface area contributed by atoms with E-state index in [2.05, 4.69) is 15.9 Å². The lowest BCUT2D eigenvalue weighted by Gasteiger charge is -2.10. The van der Waals surface area contributed by atoms with Gasteiger partial charge in [-0.15, -0.1) is 11.3 Å². The van der Waals surface area contributed by atoms with Crippen molar-refractivity contribution in [2.45, 2.75) is 12.5 Å². The molecule has 17 heavy (non-hydrogen) atoms. The van der Waals surface area contributed by atoms with Crippen LogP contribution in [0.5, 0.6) is 5.75 Å². The van der Waals surface area contributed by atoms with Gasteiger partial charge in [0.1, 0.15) is 5.75 Å². The summed E-state index contributed by atoms with van der Waals surface area (Å²) in [5.41, 5.74) is 0.908. The molecule has 2 nitrogen and oxygen atoms in total. The van der Waals surface area contributed by atoms with Crippen LogP contribution in [0.25, 0.3) is 0 Å². The summed E-state index contributed by atoms with van der Waals surface area (Å²) in [6, 6.07) is 9.51. The van der Waals surface area contributed by atoms with Gasteiger partial charge in [-0.1, -0.05) is 12.1 Å². The van der Waals surface area contributed by atoms with Gasteiger partial charge in [0, 0.05) is 15.8 Å². The molecule has 0 saturated heterocycles. The van der Waals surface area contributed by atoms with Crippen molar-refractivity contribution in [3.05, 3.63) is 50.6 Å². The fraction of sp³-hybridized carbons (Fsp3) is 0.231. The number of methoxy groups -OCH3 is 1. The highest BCUT2D eigenvalue weighted by atomic mass is 79.9. The van der Waals surface area contributed by atoms with Crippen LogP contribution in [-0.2, 0) is 6.42 Å². The van der Waals surface area contributed by atoms with Crippen molar-refractivity contribution < 1.29 is 9.84 Å². The van der Waals surface area contributed by atoms with E-state index in [4.69, 9.17) is 4.74 Å². The highest BCUT2D eigenvalue weighted by molar-refractivity contribution is 9.10. The number of hydrogen-bond acceptors (Lipinski definition) is 3. The maximum Gasteiger partial charge on any atom is 0.118 e. The summed E-state index contributed by atoms with van der Waals surface area (Å²) < 4.78 is 6.15. The summed E-state index contributed by atoms with van der Waals surface area (Å²) in [6.07, 6.45) is 0.153. The van der Waals surface area contributed by atoms with Gasteiger partial charge in [0.15, 0.2) is 0 Å². The Bertz CT molecular complexity index is 478. The van der Waals surface area contributed by atoms with Crippen LogP contribution >= 0.6 is 27.3 Å². The van der Waals surface area contributed by atoms with E-state index in [0.717, 1.165) is 20.7 Å². The van der Waals surface area contributed by atoms with Crippen LogP contribution in [0.2, 0.25) is 0 Å². The van der Waals surface area contributed by atoms with Crippen molar-refractivity contribution in [3.8, 4) is 5.75 Å². The molecule has 2 rings (SSSR count). The molecule has 1 heterocycles. The van der Waals surface area contributed by atoms with Crippen molar-refractivity contribution in [1.29, 1.82) is 0 Å². The van der Waals surface area contributed by atoms with E-state index in [1.807, 2.05) is 35.7 Å². The Morgan fingerprint density at radius 3 is 2.53 bits per heavy atom. The van der Waals surface area contributed by atoms with E-state index in [9.17, 15) is 5.11 Å². The largest absolute Gasteiger partial charge is 0.497 e. The smallest absolute Gasteiger partial charge is 0.118 e. The second kappa shape index (κ2) is 5.67. The zero-order chi connectivity index (χ0) is 12.3. The van der Waals surface area contributed by atoms with Crippen molar-refractivity contribution >= 4 is 27.3 Å². The van der Waals surface area contributed by atoms with Crippen molar-refractivity contribution in [3.63, 3.8) is 0 Å². The predicted octanol–water partition coefficient (Wildman–Crippen LogP) is 3.80. The van der Waals surface area contributed by atoms with Crippen LogP contribution in [0.15, 0.2) is 40.2 Å². The average Bonchev–Trinajstić information content (AvgIpc) is 2.75. The fourth-order valence-corrected chi connectivity index (χ4v) is 3.14. The lowest BCUT2D eigenvalue weighted by Crippen LogP contribution is -2.00. The first-order valence-corrected chi connectivity index (χ1v) is 6.92. The topological polar surface area (TPSA) is 29.5 Å². The van der Waals surface area contributed by atoms with Crippen molar-refractivity contribution in [1.82, 2.24) is 0 Å². The first kappa shape index (κ1) is 12.6. The van der Waals surface area contributed by atoms with Crippen LogP contribution in [0.4, 0.5) is 0 Å². The predicted molar refractivity (Wildman–Crippen MR) is 73.7 cm³/mol. The first-order valence-electron chi connectivity index (χ1n) is 5.24. The summed E-state index contributed by atoms with van der Waals surface area (Å²) in [5.74, 6) is 0.804. The zero-order valence-corrected chi connectivity index (χ0v) is 11.8. The quantitative estimate of drug-likeness (QED) is 0.930. The van der Waals surface area contributed by atoms with Gasteiger partial charge < -0.3 is 9.84 Å². The van der Waals surface area contributed by atoms with E-state index in [-0.39, 0.29) is 0 Å². The summed E-state index contributed by atoms with van der Waals surface area (Å²) in [4.78, 5) is 1.16. The number of thiophene rings is 1. The number of halogens is 1. The molecule has 1 aromatic carbocycles. The number of ether oxygens (including phenoxy) is 1. The van der Waals surface area contributed by atoms with E-state index in [1.165, 1.54) is 0 Å². The van der Waals surface area contributed by atoms with Crippen molar-refractivity contribution in [2.24, 2.45) is 0 Å². The maximum absolute atomic E-state index is 10.1. The van der Waals surface area contributed by atoms with Crippen LogP contribution in [-0.4, -0.2) is 12.2 Å². The summed E-state index contributed by atoms with van der Waals surface area (Å²) in [6.45, 7) is 0. The number of rotatable bonds is 4. The standard InChI is InChI=1S/C13H13BrO2S/c1-16-10-4-2-9(3-5-10)12(15)8-13-11(14)6-7-17-13/h2-7,12,15H,8H2,1H3. The van der Waals surface area contributed by atoms with Crippen LogP contribution in [0.1, 0.15) is 16.5 Å². The van der Waals surface area contributed by atoms with Gasteiger partial charge >= 0.3 is 0 Å². The van der Waals surface area contributed by atoms with Gasteiger partial charge in [0.25, 0.3) is 0 Å². The van der Waals surface area contributed by atoms with Gasteiger partial charge in [0.05, 0.1) is 13.2 Å². The molecule has 90 valence electrons. The highest BCUT2D eigenvalue weighted by Gasteiger charge is 2.11. The van der Waals surface area contributed by atoms with Crippen LogP contribution in [0, 0.1) is 0 Å². The second-order valence-electron chi connectivity index (χ2n) is 3.68. The Hall–Kier alpha value is -0.840. The zero-order valence-electron chi connectivity index (χ0n) is 9.39. The first-order chi connectivity index (χ1) is 8.20. The summed E-state index contributed by atoms with van der Waals surface area (Å²) in [7, 11) is 1.63. The summed E-state index contributed by atoms with van der Waals surface area (Å²) in [5, 5.41) is 12.1. The minimum atomic E-state index is -0.476. The number of benzene rings is 1. The minimum absolute atomic E-state index is 0.476. The molecule has 0 bridgehead atoms. The van der Waals surface area contributed by atoms with E-state index in [1.54, 1.807) is 18.4 Å². The van der Waals surface area contributed by atoms with Crippen molar-refractivity contribution in [2.75, 3.05) is 7.11 Å². The molecule has 0 fully saturated rings. The third-order valence-electron chi connectivity index (χ3n) is 2.57. The molecule has 0 amide bonds. The molecular weight excluding hydrogens is 300 g/mol. The van der Waals surface area contributed by atoms with Gasteiger partial charge in [-0.2, -0.15) is 0 Å². The molecule has 1 N–H and O–H groups in total. The molecule has 1 aromatic heterocycles. The van der Waals surface area contributed by atoms with E-state index < -0.39 is 6.10 Å².